The lowest BCUT2D eigenvalue weighted by atomic mass is 9.99. The van der Waals surface area contributed by atoms with E-state index >= 15 is 0 Å². The largest absolute Gasteiger partial charge is 0.372 e. The SMILES string of the molecule is CCn1c(=O)c2cc(C(=O)NCc3ccc(N4CCC(C)CC4)cc3)nn2c2ccccc21. The van der Waals surface area contributed by atoms with Crippen LogP contribution in [0.15, 0.2) is 59.4 Å². The predicted molar refractivity (Wildman–Crippen MR) is 131 cm³/mol. The van der Waals surface area contributed by atoms with Crippen molar-refractivity contribution in [2.24, 2.45) is 5.92 Å². The first-order valence-corrected chi connectivity index (χ1v) is 11.7. The number of rotatable bonds is 5. The van der Waals surface area contributed by atoms with Crippen molar-refractivity contribution in [3.05, 3.63) is 76.2 Å². The molecule has 0 bridgehead atoms. The number of fused-ring (bicyclic) bond motifs is 3. The molecule has 0 saturated carbocycles. The highest BCUT2D eigenvalue weighted by molar-refractivity contribution is 5.94. The van der Waals surface area contributed by atoms with Gasteiger partial charge in [0.05, 0.1) is 11.0 Å². The van der Waals surface area contributed by atoms with E-state index < -0.39 is 0 Å². The molecule has 2 aromatic heterocycles. The summed E-state index contributed by atoms with van der Waals surface area (Å²) >= 11 is 0. The number of nitrogens with one attached hydrogen (secondary N) is 1. The Balaban J connectivity index is 1.33. The number of para-hydroxylation sites is 2. The maximum absolute atomic E-state index is 12.9. The summed E-state index contributed by atoms with van der Waals surface area (Å²) in [6.07, 6.45) is 2.46. The summed E-state index contributed by atoms with van der Waals surface area (Å²) in [4.78, 5) is 28.2. The van der Waals surface area contributed by atoms with Crippen LogP contribution in [-0.2, 0) is 13.1 Å². The van der Waals surface area contributed by atoms with Crippen LogP contribution in [-0.4, -0.2) is 33.2 Å². The Kier molecular flexibility index (Phi) is 5.62. The van der Waals surface area contributed by atoms with Crippen LogP contribution in [0.1, 0.15) is 42.7 Å². The topological polar surface area (TPSA) is 71.6 Å². The minimum atomic E-state index is -0.292. The molecular weight excluding hydrogens is 414 g/mol. The third-order valence-corrected chi connectivity index (χ3v) is 6.66. The normalized spacial score (nSPS) is 14.8. The molecule has 0 unspecified atom stereocenters. The van der Waals surface area contributed by atoms with Gasteiger partial charge in [0.15, 0.2) is 5.69 Å². The molecule has 1 fully saturated rings. The minimum absolute atomic E-state index is 0.148. The molecule has 7 nitrogen and oxygen atoms in total. The van der Waals surface area contributed by atoms with E-state index in [0.717, 1.165) is 35.6 Å². The highest BCUT2D eigenvalue weighted by Gasteiger charge is 2.18. The van der Waals surface area contributed by atoms with Crippen molar-refractivity contribution in [2.75, 3.05) is 18.0 Å². The van der Waals surface area contributed by atoms with E-state index in [9.17, 15) is 9.59 Å². The summed E-state index contributed by atoms with van der Waals surface area (Å²) in [5.74, 6) is 0.512. The molecule has 4 aromatic rings. The van der Waals surface area contributed by atoms with Gasteiger partial charge in [-0.25, -0.2) is 4.52 Å². The fraction of sp³-hybridized carbons (Fsp3) is 0.346. The third-order valence-electron chi connectivity index (χ3n) is 6.66. The Morgan fingerprint density at radius 1 is 1.03 bits per heavy atom. The number of hydrogen-bond acceptors (Lipinski definition) is 4. The Bertz CT molecular complexity index is 1360. The number of anilines is 1. The van der Waals surface area contributed by atoms with Crippen LogP contribution in [0.25, 0.3) is 16.6 Å². The lowest BCUT2D eigenvalue weighted by Crippen LogP contribution is -2.32. The fourth-order valence-corrected chi connectivity index (χ4v) is 4.63. The van der Waals surface area contributed by atoms with Crippen molar-refractivity contribution < 1.29 is 4.79 Å². The first kappa shape index (κ1) is 21.2. The van der Waals surface area contributed by atoms with Crippen molar-refractivity contribution in [1.29, 1.82) is 0 Å². The van der Waals surface area contributed by atoms with Gasteiger partial charge in [0.2, 0.25) is 0 Å². The number of piperidine rings is 1. The number of aromatic nitrogens is 3. The van der Waals surface area contributed by atoms with Crippen LogP contribution in [0.5, 0.6) is 0 Å². The zero-order valence-corrected chi connectivity index (χ0v) is 19.1. The number of hydrogen-bond donors (Lipinski definition) is 1. The van der Waals surface area contributed by atoms with Crippen LogP contribution < -0.4 is 15.8 Å². The summed E-state index contributed by atoms with van der Waals surface area (Å²) in [6.45, 7) is 7.40. The van der Waals surface area contributed by atoms with Crippen molar-refractivity contribution >= 4 is 28.1 Å². The number of carbonyl (C=O) groups is 1. The lowest BCUT2D eigenvalue weighted by Gasteiger charge is -2.32. The Labute approximate surface area is 192 Å². The number of benzene rings is 2. The number of carbonyl (C=O) groups excluding carboxylic acids is 1. The van der Waals surface area contributed by atoms with Gasteiger partial charge in [-0.3, -0.25) is 9.59 Å². The molecule has 1 aliphatic heterocycles. The Morgan fingerprint density at radius 3 is 2.42 bits per heavy atom. The number of aryl methyl sites for hydroxylation is 1. The average Bonchev–Trinajstić information content (AvgIpc) is 3.30. The third kappa shape index (κ3) is 3.99. The molecule has 2 aromatic carbocycles. The average molecular weight is 444 g/mol. The van der Waals surface area contributed by atoms with Crippen LogP contribution >= 0.6 is 0 Å². The van der Waals surface area contributed by atoms with Gasteiger partial charge in [0.1, 0.15) is 5.52 Å². The summed E-state index contributed by atoms with van der Waals surface area (Å²) in [7, 11) is 0. The molecule has 7 heteroatoms. The van der Waals surface area contributed by atoms with Gasteiger partial charge in [-0.1, -0.05) is 31.2 Å². The van der Waals surface area contributed by atoms with Gasteiger partial charge in [-0.15, -0.1) is 0 Å². The predicted octanol–water partition coefficient (Wildman–Crippen LogP) is 3.84. The van der Waals surface area contributed by atoms with Gasteiger partial charge in [0.25, 0.3) is 11.5 Å². The second-order valence-electron chi connectivity index (χ2n) is 8.88. The van der Waals surface area contributed by atoms with Crippen molar-refractivity contribution in [3.63, 3.8) is 0 Å². The van der Waals surface area contributed by atoms with E-state index in [1.54, 1.807) is 15.1 Å². The number of amides is 1. The van der Waals surface area contributed by atoms with Crippen molar-refractivity contribution in [1.82, 2.24) is 19.5 Å². The smallest absolute Gasteiger partial charge is 0.277 e. The molecule has 1 N–H and O–H groups in total. The summed E-state index contributed by atoms with van der Waals surface area (Å²) in [5, 5.41) is 7.40. The van der Waals surface area contributed by atoms with E-state index in [4.69, 9.17) is 0 Å². The standard InChI is InChI=1S/C26H29N5O2/c1-3-30-22-6-4-5-7-23(22)31-24(26(30)33)16-21(28-31)25(32)27-17-19-8-10-20(11-9-19)29-14-12-18(2)13-15-29/h4-11,16,18H,3,12-15,17H2,1-2H3,(H,27,32). The zero-order chi connectivity index (χ0) is 22.9. The molecule has 1 aliphatic rings. The zero-order valence-electron chi connectivity index (χ0n) is 19.1. The van der Waals surface area contributed by atoms with Crippen LogP contribution in [0.3, 0.4) is 0 Å². The molecule has 1 amide bonds. The Hall–Kier alpha value is -3.61. The van der Waals surface area contributed by atoms with E-state index in [1.165, 1.54) is 18.5 Å². The van der Waals surface area contributed by atoms with Crippen LogP contribution in [0.2, 0.25) is 0 Å². The van der Waals surface area contributed by atoms with E-state index in [0.29, 0.717) is 18.6 Å². The second kappa shape index (κ2) is 8.73. The van der Waals surface area contributed by atoms with E-state index in [-0.39, 0.29) is 17.2 Å². The Morgan fingerprint density at radius 2 is 1.73 bits per heavy atom. The fourth-order valence-electron chi connectivity index (χ4n) is 4.63. The summed E-state index contributed by atoms with van der Waals surface area (Å²) in [6, 6.07) is 17.6. The number of nitrogens with zero attached hydrogens (tertiary/aromatic N) is 4. The molecule has 170 valence electrons. The molecule has 0 aliphatic carbocycles. The molecule has 0 atom stereocenters. The highest BCUT2D eigenvalue weighted by atomic mass is 16.2. The highest BCUT2D eigenvalue weighted by Crippen LogP contribution is 2.23. The van der Waals surface area contributed by atoms with Crippen LogP contribution in [0, 0.1) is 5.92 Å². The van der Waals surface area contributed by atoms with Gasteiger partial charge >= 0.3 is 0 Å². The lowest BCUT2D eigenvalue weighted by molar-refractivity contribution is 0.0945. The van der Waals surface area contributed by atoms with Gasteiger partial charge in [0, 0.05) is 37.9 Å². The molecule has 0 radical (unpaired) electrons. The monoisotopic (exact) mass is 443 g/mol. The molecular formula is C26H29N5O2. The van der Waals surface area contributed by atoms with Gasteiger partial charge < -0.3 is 14.8 Å². The van der Waals surface area contributed by atoms with Crippen molar-refractivity contribution in [2.45, 2.75) is 39.8 Å². The maximum Gasteiger partial charge on any atom is 0.277 e. The maximum atomic E-state index is 12.9. The molecule has 5 rings (SSSR count). The van der Waals surface area contributed by atoms with Gasteiger partial charge in [-0.05, 0) is 55.5 Å². The van der Waals surface area contributed by atoms with E-state index in [1.807, 2.05) is 31.2 Å². The summed E-state index contributed by atoms with van der Waals surface area (Å²) in [5.41, 5.74) is 4.36. The first-order valence-electron chi connectivity index (χ1n) is 11.7. The van der Waals surface area contributed by atoms with E-state index in [2.05, 4.69) is 46.5 Å². The molecule has 3 heterocycles. The first-order chi connectivity index (χ1) is 16.0. The van der Waals surface area contributed by atoms with Gasteiger partial charge in [-0.2, -0.15) is 5.10 Å². The molecule has 33 heavy (non-hydrogen) atoms. The summed E-state index contributed by atoms with van der Waals surface area (Å²) < 4.78 is 3.28. The minimum Gasteiger partial charge on any atom is -0.372 e. The quantitative estimate of drug-likeness (QED) is 0.509. The molecule has 0 spiro atoms. The molecule has 1 saturated heterocycles. The van der Waals surface area contributed by atoms with Crippen LogP contribution in [0.4, 0.5) is 5.69 Å². The second-order valence-corrected chi connectivity index (χ2v) is 8.88. The van der Waals surface area contributed by atoms with Crippen molar-refractivity contribution in [3.8, 4) is 0 Å².